The van der Waals surface area contributed by atoms with E-state index < -0.39 is 0 Å². The fourth-order valence-electron chi connectivity index (χ4n) is 1.98. The molecular formula is C11H22NO2. The van der Waals surface area contributed by atoms with Gasteiger partial charge >= 0.3 is 0 Å². The molecule has 1 saturated heterocycles. The molecule has 0 aromatic rings. The molecule has 3 heteroatoms. The Kier molecular flexibility index (Phi) is 6.15. The maximum atomic E-state index is 10.4. The van der Waals surface area contributed by atoms with Gasteiger partial charge < -0.3 is 10.1 Å². The molecule has 1 aliphatic rings. The van der Waals surface area contributed by atoms with Gasteiger partial charge in [0.05, 0.1) is 19.3 Å². The van der Waals surface area contributed by atoms with E-state index >= 15 is 0 Å². The summed E-state index contributed by atoms with van der Waals surface area (Å²) in [6.45, 7) is 3.99. The molecule has 1 radical (unpaired) electrons. The van der Waals surface area contributed by atoms with E-state index in [9.17, 15) is 5.11 Å². The van der Waals surface area contributed by atoms with Crippen LogP contribution in [0.4, 0.5) is 0 Å². The Morgan fingerprint density at radius 3 is 2.93 bits per heavy atom. The number of nitrogens with one attached hydrogen (secondary N) is 1. The Bertz CT molecular complexity index is 125. The summed E-state index contributed by atoms with van der Waals surface area (Å²) in [6, 6.07) is 0.482. The highest BCUT2D eigenvalue weighted by molar-refractivity contribution is 4.80. The molecule has 0 aromatic heterocycles. The minimum absolute atomic E-state index is 0.0281. The summed E-state index contributed by atoms with van der Waals surface area (Å²) >= 11 is 0. The van der Waals surface area contributed by atoms with Crippen LogP contribution >= 0.6 is 0 Å². The molecule has 0 saturated carbocycles. The van der Waals surface area contributed by atoms with Crippen molar-refractivity contribution >= 4 is 0 Å². The van der Waals surface area contributed by atoms with Gasteiger partial charge in [0.25, 0.3) is 0 Å². The molecule has 0 amide bonds. The van der Waals surface area contributed by atoms with Gasteiger partial charge in [-0.1, -0.05) is 19.8 Å². The van der Waals surface area contributed by atoms with Gasteiger partial charge in [0.15, 0.2) is 0 Å². The lowest BCUT2D eigenvalue weighted by Crippen LogP contribution is -2.48. The number of rotatable bonds is 6. The summed E-state index contributed by atoms with van der Waals surface area (Å²) in [4.78, 5) is 0. The molecule has 2 unspecified atom stereocenters. The molecule has 1 N–H and O–H groups in total. The van der Waals surface area contributed by atoms with Crippen LogP contribution in [0.25, 0.3) is 0 Å². The second-order valence-corrected chi connectivity index (χ2v) is 3.96. The molecule has 0 bridgehead atoms. The first-order valence-corrected chi connectivity index (χ1v) is 5.81. The van der Waals surface area contributed by atoms with E-state index in [1.54, 1.807) is 0 Å². The standard InChI is InChI=1S/C11H22NO2/c1-2-3-5-10-11(6-4-8-13)14-9-7-12-10/h10-12H,2-9H2,1H3. The summed E-state index contributed by atoms with van der Waals surface area (Å²) < 4.78 is 5.69. The van der Waals surface area contributed by atoms with Gasteiger partial charge in [-0.15, -0.1) is 0 Å². The van der Waals surface area contributed by atoms with E-state index in [1.165, 1.54) is 19.3 Å². The predicted molar refractivity (Wildman–Crippen MR) is 55.8 cm³/mol. The highest BCUT2D eigenvalue weighted by Crippen LogP contribution is 2.15. The second-order valence-electron chi connectivity index (χ2n) is 3.96. The third-order valence-electron chi connectivity index (χ3n) is 2.79. The molecule has 83 valence electrons. The number of hydrogen-bond donors (Lipinski definition) is 1. The lowest BCUT2D eigenvalue weighted by Gasteiger charge is -2.32. The highest BCUT2D eigenvalue weighted by atomic mass is 16.5. The average molecular weight is 200 g/mol. The Labute approximate surface area is 86.8 Å². The summed E-state index contributed by atoms with van der Waals surface area (Å²) in [5.74, 6) is 0. The minimum Gasteiger partial charge on any atom is -0.375 e. The van der Waals surface area contributed by atoms with Crippen molar-refractivity contribution in [3.8, 4) is 0 Å². The Hall–Kier alpha value is -0.120. The summed E-state index contributed by atoms with van der Waals surface area (Å²) in [5, 5.41) is 13.9. The minimum atomic E-state index is 0.0281. The van der Waals surface area contributed by atoms with Crippen molar-refractivity contribution in [2.45, 2.75) is 51.2 Å². The fourth-order valence-corrected chi connectivity index (χ4v) is 1.98. The summed E-state index contributed by atoms with van der Waals surface area (Å²) in [5.41, 5.74) is 0. The van der Waals surface area contributed by atoms with Crippen molar-refractivity contribution < 1.29 is 9.84 Å². The first kappa shape index (κ1) is 12.0. The zero-order chi connectivity index (χ0) is 10.2. The fraction of sp³-hybridized carbons (Fsp3) is 1.00. The molecule has 1 heterocycles. The lowest BCUT2D eigenvalue weighted by molar-refractivity contribution is -0.0158. The van der Waals surface area contributed by atoms with Crippen molar-refractivity contribution in [1.29, 1.82) is 0 Å². The predicted octanol–water partition coefficient (Wildman–Crippen LogP) is 1.74. The number of morpholine rings is 1. The van der Waals surface area contributed by atoms with Crippen molar-refractivity contribution in [3.63, 3.8) is 0 Å². The largest absolute Gasteiger partial charge is 0.375 e. The van der Waals surface area contributed by atoms with Gasteiger partial charge in [-0.3, -0.25) is 0 Å². The monoisotopic (exact) mass is 200 g/mol. The van der Waals surface area contributed by atoms with Crippen LogP contribution in [-0.4, -0.2) is 31.9 Å². The second kappa shape index (κ2) is 7.21. The van der Waals surface area contributed by atoms with Crippen LogP contribution in [-0.2, 0) is 9.84 Å². The Morgan fingerprint density at radius 1 is 1.36 bits per heavy atom. The summed E-state index contributed by atoms with van der Waals surface area (Å²) in [6.07, 6.45) is 5.60. The molecule has 1 aliphatic heterocycles. The van der Waals surface area contributed by atoms with E-state index in [1.807, 2.05) is 0 Å². The number of hydrogen-bond acceptors (Lipinski definition) is 2. The number of unbranched alkanes of at least 4 members (excludes halogenated alkanes) is 1. The van der Waals surface area contributed by atoms with E-state index in [0.29, 0.717) is 6.04 Å². The third kappa shape index (κ3) is 3.95. The van der Waals surface area contributed by atoms with E-state index in [2.05, 4.69) is 12.2 Å². The topological polar surface area (TPSA) is 41.2 Å². The van der Waals surface area contributed by atoms with Crippen LogP contribution in [0.3, 0.4) is 0 Å². The molecular weight excluding hydrogens is 178 g/mol. The average Bonchev–Trinajstić information content (AvgIpc) is 2.24. The van der Waals surface area contributed by atoms with Crippen LogP contribution in [0, 0.1) is 0 Å². The van der Waals surface area contributed by atoms with Gasteiger partial charge in [0.2, 0.25) is 0 Å². The van der Waals surface area contributed by atoms with Crippen molar-refractivity contribution in [3.05, 3.63) is 0 Å². The van der Waals surface area contributed by atoms with Crippen LogP contribution in [0.5, 0.6) is 0 Å². The molecule has 3 nitrogen and oxygen atoms in total. The molecule has 0 aliphatic carbocycles. The van der Waals surface area contributed by atoms with Gasteiger partial charge in [-0.2, -0.15) is 0 Å². The zero-order valence-electron chi connectivity index (χ0n) is 9.13. The quantitative estimate of drug-likeness (QED) is 0.709. The van der Waals surface area contributed by atoms with Crippen LogP contribution in [0.2, 0.25) is 0 Å². The maximum absolute atomic E-state index is 10.4. The summed E-state index contributed by atoms with van der Waals surface area (Å²) in [7, 11) is 0. The first-order valence-electron chi connectivity index (χ1n) is 5.81. The number of ether oxygens (including phenoxy) is 1. The van der Waals surface area contributed by atoms with Crippen molar-refractivity contribution in [2.24, 2.45) is 0 Å². The maximum Gasteiger partial charge on any atom is 0.0823 e. The van der Waals surface area contributed by atoms with Crippen molar-refractivity contribution in [2.75, 3.05) is 19.8 Å². The Morgan fingerprint density at radius 2 is 2.21 bits per heavy atom. The third-order valence-corrected chi connectivity index (χ3v) is 2.79. The van der Waals surface area contributed by atoms with E-state index in [4.69, 9.17) is 4.74 Å². The van der Waals surface area contributed by atoms with E-state index in [0.717, 1.165) is 26.0 Å². The molecule has 0 spiro atoms. The first-order chi connectivity index (χ1) is 6.88. The van der Waals surface area contributed by atoms with E-state index in [-0.39, 0.29) is 12.7 Å². The lowest BCUT2D eigenvalue weighted by atomic mass is 9.99. The van der Waals surface area contributed by atoms with Gasteiger partial charge in [0.1, 0.15) is 0 Å². The molecule has 1 rings (SSSR count). The van der Waals surface area contributed by atoms with Gasteiger partial charge in [-0.05, 0) is 19.3 Å². The van der Waals surface area contributed by atoms with Crippen LogP contribution in [0.1, 0.15) is 39.0 Å². The van der Waals surface area contributed by atoms with Crippen LogP contribution < -0.4 is 5.32 Å². The Balaban J connectivity index is 2.26. The normalized spacial score (nSPS) is 27.9. The zero-order valence-corrected chi connectivity index (χ0v) is 9.13. The smallest absolute Gasteiger partial charge is 0.0823 e. The molecule has 1 fully saturated rings. The van der Waals surface area contributed by atoms with Crippen molar-refractivity contribution in [1.82, 2.24) is 5.32 Å². The van der Waals surface area contributed by atoms with Crippen LogP contribution in [0.15, 0.2) is 0 Å². The SMILES string of the molecule is CCCCC1NCCOC1CCC[O]. The molecule has 14 heavy (non-hydrogen) atoms. The highest BCUT2D eigenvalue weighted by Gasteiger charge is 2.24. The van der Waals surface area contributed by atoms with Gasteiger partial charge in [0, 0.05) is 12.6 Å². The molecule has 0 aromatic carbocycles. The van der Waals surface area contributed by atoms with Gasteiger partial charge in [-0.25, -0.2) is 5.11 Å². The molecule has 2 atom stereocenters.